The number of nitrogens with zero attached hydrogens (tertiary/aromatic N) is 1. The summed E-state index contributed by atoms with van der Waals surface area (Å²) in [6.45, 7) is -0.00717. The summed E-state index contributed by atoms with van der Waals surface area (Å²) < 4.78 is 23.2. The van der Waals surface area contributed by atoms with Crippen molar-refractivity contribution in [1.82, 2.24) is 4.98 Å². The summed E-state index contributed by atoms with van der Waals surface area (Å²) in [4.78, 5) is 4.24. The normalized spacial score (nSPS) is 18.5. The number of aromatic nitrogens is 1. The topological polar surface area (TPSA) is 79.3 Å². The lowest BCUT2D eigenvalue weighted by atomic mass is 9.77. The summed E-state index contributed by atoms with van der Waals surface area (Å²) in [7, 11) is -3.30. The summed E-state index contributed by atoms with van der Waals surface area (Å²) in [6, 6.07) is 3.11. The minimum absolute atomic E-state index is 0.00717. The van der Waals surface area contributed by atoms with Gasteiger partial charge in [0.25, 0.3) is 0 Å². The van der Waals surface area contributed by atoms with E-state index < -0.39 is 15.4 Å². The zero-order valence-electron chi connectivity index (χ0n) is 9.68. The van der Waals surface area contributed by atoms with E-state index in [4.69, 9.17) is 0 Å². The van der Waals surface area contributed by atoms with Crippen LogP contribution in [0.4, 0.5) is 5.82 Å². The third-order valence-electron chi connectivity index (χ3n) is 3.17. The molecule has 2 rings (SSSR count). The molecule has 0 radical (unpaired) electrons. The van der Waals surface area contributed by atoms with Gasteiger partial charge in [-0.05, 0) is 31.4 Å². The molecule has 1 aromatic rings. The number of pyridine rings is 1. The highest BCUT2D eigenvalue weighted by Crippen LogP contribution is 2.35. The first kappa shape index (κ1) is 12.3. The Morgan fingerprint density at radius 1 is 1.53 bits per heavy atom. The van der Waals surface area contributed by atoms with E-state index in [9.17, 15) is 13.5 Å². The fourth-order valence-corrected chi connectivity index (χ4v) is 2.74. The predicted molar refractivity (Wildman–Crippen MR) is 64.6 cm³/mol. The van der Waals surface area contributed by atoms with Crippen molar-refractivity contribution in [2.75, 3.05) is 18.2 Å². The molecule has 0 unspecified atom stereocenters. The molecule has 0 aliphatic heterocycles. The summed E-state index contributed by atoms with van der Waals surface area (Å²) >= 11 is 0. The van der Waals surface area contributed by atoms with Crippen molar-refractivity contribution in [1.29, 1.82) is 0 Å². The van der Waals surface area contributed by atoms with Gasteiger partial charge < -0.3 is 10.4 Å². The molecule has 6 heteroatoms. The highest BCUT2D eigenvalue weighted by Gasteiger charge is 2.37. The fourth-order valence-electron chi connectivity index (χ4n) is 1.96. The molecule has 5 nitrogen and oxygen atoms in total. The van der Waals surface area contributed by atoms with Gasteiger partial charge in [0.2, 0.25) is 0 Å². The van der Waals surface area contributed by atoms with Gasteiger partial charge in [-0.1, -0.05) is 0 Å². The van der Waals surface area contributed by atoms with Crippen LogP contribution in [0, 0.1) is 0 Å². The van der Waals surface area contributed by atoms with E-state index >= 15 is 0 Å². The van der Waals surface area contributed by atoms with Gasteiger partial charge in [0.15, 0.2) is 9.84 Å². The second-order valence-electron chi connectivity index (χ2n) is 4.54. The molecule has 17 heavy (non-hydrogen) atoms. The van der Waals surface area contributed by atoms with Gasteiger partial charge in [-0.25, -0.2) is 13.4 Å². The maximum atomic E-state index is 11.6. The first-order valence-electron chi connectivity index (χ1n) is 5.51. The van der Waals surface area contributed by atoms with Crippen molar-refractivity contribution < 1.29 is 13.5 Å². The quantitative estimate of drug-likeness (QED) is 0.833. The Kier molecular flexibility index (Phi) is 3.09. The van der Waals surface area contributed by atoms with Crippen LogP contribution in [0.3, 0.4) is 0 Å². The number of hydrogen-bond acceptors (Lipinski definition) is 5. The van der Waals surface area contributed by atoms with Gasteiger partial charge >= 0.3 is 0 Å². The lowest BCUT2D eigenvalue weighted by Crippen LogP contribution is -2.48. The minimum Gasteiger partial charge on any atom is -0.394 e. The van der Waals surface area contributed by atoms with Crippen LogP contribution in [0.5, 0.6) is 0 Å². The lowest BCUT2D eigenvalue weighted by Gasteiger charge is -2.41. The Morgan fingerprint density at radius 3 is 2.71 bits per heavy atom. The zero-order chi connectivity index (χ0) is 12.5. The molecule has 0 saturated heterocycles. The molecule has 1 saturated carbocycles. The third-order valence-corrected chi connectivity index (χ3v) is 4.30. The number of rotatable bonds is 4. The first-order chi connectivity index (χ1) is 7.97. The van der Waals surface area contributed by atoms with Crippen LogP contribution < -0.4 is 5.32 Å². The molecule has 0 amide bonds. The zero-order valence-corrected chi connectivity index (χ0v) is 10.5. The number of hydrogen-bond donors (Lipinski definition) is 2. The third kappa shape index (κ3) is 2.42. The minimum atomic E-state index is -3.30. The molecule has 0 bridgehead atoms. The van der Waals surface area contributed by atoms with Crippen molar-refractivity contribution in [3.63, 3.8) is 0 Å². The number of aliphatic hydroxyl groups excluding tert-OH is 1. The second kappa shape index (κ2) is 4.27. The van der Waals surface area contributed by atoms with Gasteiger partial charge in [-0.3, -0.25) is 0 Å². The maximum Gasteiger partial charge on any atom is 0.179 e. The van der Waals surface area contributed by atoms with Gasteiger partial charge in [0.05, 0.1) is 12.1 Å². The summed E-state index contributed by atoms with van der Waals surface area (Å²) in [6.07, 6.45) is 5.41. The summed E-state index contributed by atoms with van der Waals surface area (Å²) in [5.41, 5.74) is -0.395. The van der Waals surface area contributed by atoms with Crippen LogP contribution in [-0.4, -0.2) is 36.9 Å². The van der Waals surface area contributed by atoms with Crippen LogP contribution in [-0.2, 0) is 9.84 Å². The van der Waals surface area contributed by atoms with Gasteiger partial charge in [0.1, 0.15) is 10.7 Å². The average Bonchev–Trinajstić information content (AvgIpc) is 2.23. The van der Waals surface area contributed by atoms with Crippen molar-refractivity contribution >= 4 is 15.7 Å². The number of aliphatic hydroxyl groups is 1. The predicted octanol–water partition coefficient (Wildman–Crippen LogP) is 0.812. The van der Waals surface area contributed by atoms with Gasteiger partial charge in [-0.2, -0.15) is 0 Å². The van der Waals surface area contributed by atoms with Crippen LogP contribution in [0.25, 0.3) is 0 Å². The molecule has 1 heterocycles. The van der Waals surface area contributed by atoms with Gasteiger partial charge in [0, 0.05) is 12.5 Å². The number of anilines is 1. The number of sulfone groups is 1. The van der Waals surface area contributed by atoms with E-state index in [1.807, 2.05) is 0 Å². The average molecular weight is 256 g/mol. The molecular weight excluding hydrogens is 240 g/mol. The van der Waals surface area contributed by atoms with Crippen LogP contribution >= 0.6 is 0 Å². The Hall–Kier alpha value is -1.14. The Morgan fingerprint density at radius 2 is 2.24 bits per heavy atom. The second-order valence-corrected chi connectivity index (χ2v) is 6.52. The highest BCUT2D eigenvalue weighted by atomic mass is 32.2. The molecule has 0 atom stereocenters. The van der Waals surface area contributed by atoms with E-state index in [1.165, 1.54) is 6.07 Å². The molecule has 0 aromatic carbocycles. The van der Waals surface area contributed by atoms with Crippen LogP contribution in [0.15, 0.2) is 23.2 Å². The largest absolute Gasteiger partial charge is 0.394 e. The smallest absolute Gasteiger partial charge is 0.179 e. The molecule has 1 fully saturated rings. The molecule has 1 aliphatic carbocycles. The molecule has 94 valence electrons. The van der Waals surface area contributed by atoms with E-state index in [0.29, 0.717) is 5.82 Å². The molecular formula is C11H16N2O3S. The van der Waals surface area contributed by atoms with Crippen LogP contribution in [0.2, 0.25) is 0 Å². The first-order valence-corrected chi connectivity index (χ1v) is 7.40. The molecule has 2 N–H and O–H groups in total. The van der Waals surface area contributed by atoms with Crippen molar-refractivity contribution in [3.05, 3.63) is 18.3 Å². The van der Waals surface area contributed by atoms with Crippen LogP contribution in [0.1, 0.15) is 19.3 Å². The van der Waals surface area contributed by atoms with E-state index in [1.54, 1.807) is 12.3 Å². The van der Waals surface area contributed by atoms with Crippen molar-refractivity contribution in [2.45, 2.75) is 29.7 Å². The Balaban J connectivity index is 2.33. The summed E-state index contributed by atoms with van der Waals surface area (Å²) in [5, 5.41) is 12.4. The Labute approximate surface area is 101 Å². The monoisotopic (exact) mass is 256 g/mol. The SMILES string of the molecule is CS(=O)(=O)c1cccnc1NC1(CO)CCC1. The maximum absolute atomic E-state index is 11.6. The van der Waals surface area contributed by atoms with E-state index in [2.05, 4.69) is 10.3 Å². The van der Waals surface area contributed by atoms with Gasteiger partial charge in [-0.15, -0.1) is 0 Å². The van der Waals surface area contributed by atoms with Crippen molar-refractivity contribution in [2.24, 2.45) is 0 Å². The molecule has 1 aliphatic rings. The Bertz CT molecular complexity index is 504. The molecule has 1 aromatic heterocycles. The summed E-state index contributed by atoms with van der Waals surface area (Å²) in [5.74, 6) is 0.337. The van der Waals surface area contributed by atoms with Crippen molar-refractivity contribution in [3.8, 4) is 0 Å². The van der Waals surface area contributed by atoms with E-state index in [0.717, 1.165) is 25.5 Å². The standard InChI is InChI=1S/C11H16N2O3S/c1-17(15,16)9-4-2-7-12-10(9)13-11(8-14)5-3-6-11/h2,4,7,14H,3,5-6,8H2,1H3,(H,12,13). The lowest BCUT2D eigenvalue weighted by molar-refractivity contribution is 0.143. The molecule has 0 spiro atoms. The fraction of sp³-hybridized carbons (Fsp3) is 0.545. The highest BCUT2D eigenvalue weighted by molar-refractivity contribution is 7.90. The van der Waals surface area contributed by atoms with E-state index in [-0.39, 0.29) is 11.5 Å². The number of nitrogens with one attached hydrogen (secondary N) is 1.